The van der Waals surface area contributed by atoms with Crippen molar-refractivity contribution in [3.05, 3.63) is 0 Å². The van der Waals surface area contributed by atoms with Crippen molar-refractivity contribution >= 4 is 11.9 Å². The van der Waals surface area contributed by atoms with Crippen LogP contribution in [0.3, 0.4) is 0 Å². The Hall–Kier alpha value is -1.10. The predicted octanol–water partition coefficient (Wildman–Crippen LogP) is 1.23. The molecule has 2 atom stereocenters. The van der Waals surface area contributed by atoms with Crippen molar-refractivity contribution < 1.29 is 14.7 Å². The number of piperidine rings is 1. The number of hydrogen-bond donors (Lipinski definition) is 2. The van der Waals surface area contributed by atoms with E-state index in [1.807, 2.05) is 0 Å². The Morgan fingerprint density at radius 3 is 2.84 bits per heavy atom. The average molecular weight is 268 g/mol. The van der Waals surface area contributed by atoms with E-state index < -0.39 is 11.5 Å². The van der Waals surface area contributed by atoms with Crippen LogP contribution in [-0.4, -0.2) is 47.1 Å². The molecule has 2 unspecified atom stereocenters. The highest BCUT2D eigenvalue weighted by Crippen LogP contribution is 2.30. The van der Waals surface area contributed by atoms with Gasteiger partial charge in [0.2, 0.25) is 5.91 Å². The van der Waals surface area contributed by atoms with Crippen LogP contribution in [0.15, 0.2) is 0 Å². The van der Waals surface area contributed by atoms with E-state index >= 15 is 0 Å². The monoisotopic (exact) mass is 268 g/mol. The first kappa shape index (κ1) is 14.3. The molecule has 0 spiro atoms. The third kappa shape index (κ3) is 3.08. The lowest BCUT2D eigenvalue weighted by atomic mass is 9.93. The van der Waals surface area contributed by atoms with Gasteiger partial charge in [-0.3, -0.25) is 4.79 Å². The molecule has 2 rings (SSSR count). The molecule has 0 aromatic carbocycles. The molecule has 2 N–H and O–H groups in total. The van der Waals surface area contributed by atoms with E-state index in [-0.39, 0.29) is 5.91 Å². The summed E-state index contributed by atoms with van der Waals surface area (Å²) in [6, 6.07) is 0. The lowest BCUT2D eigenvalue weighted by Gasteiger charge is -2.32. The molecule has 2 aliphatic rings. The summed E-state index contributed by atoms with van der Waals surface area (Å²) in [5, 5.41) is 12.6. The van der Waals surface area contributed by atoms with Gasteiger partial charge in [0.15, 0.2) is 0 Å². The molecular weight excluding hydrogens is 244 g/mol. The number of carbonyl (C=O) groups is 2. The topological polar surface area (TPSA) is 69.6 Å². The Morgan fingerprint density at radius 1 is 1.42 bits per heavy atom. The van der Waals surface area contributed by atoms with Gasteiger partial charge in [0, 0.05) is 13.0 Å². The minimum absolute atomic E-state index is 0.00738. The highest BCUT2D eigenvalue weighted by atomic mass is 16.4. The highest BCUT2D eigenvalue weighted by molar-refractivity contribution is 5.87. The van der Waals surface area contributed by atoms with E-state index in [2.05, 4.69) is 5.32 Å². The van der Waals surface area contributed by atoms with Gasteiger partial charge in [0.1, 0.15) is 5.54 Å². The van der Waals surface area contributed by atoms with Crippen LogP contribution in [0.1, 0.15) is 45.4 Å². The summed E-state index contributed by atoms with van der Waals surface area (Å²) in [5.41, 5.74) is -0.984. The number of likely N-dealkylation sites (tertiary alicyclic amines) is 1. The molecule has 0 bridgehead atoms. The van der Waals surface area contributed by atoms with Crippen LogP contribution in [-0.2, 0) is 9.59 Å². The summed E-state index contributed by atoms with van der Waals surface area (Å²) in [5.74, 6) is -0.304. The highest BCUT2D eigenvalue weighted by Gasteiger charge is 2.45. The Labute approximate surface area is 114 Å². The smallest absolute Gasteiger partial charge is 0.329 e. The first-order valence-electron chi connectivity index (χ1n) is 7.28. The molecule has 0 saturated carbocycles. The molecule has 2 saturated heterocycles. The molecule has 2 heterocycles. The minimum Gasteiger partial charge on any atom is -0.480 e. The zero-order valence-corrected chi connectivity index (χ0v) is 11.7. The van der Waals surface area contributed by atoms with Gasteiger partial charge in [-0.15, -0.1) is 0 Å². The summed E-state index contributed by atoms with van der Waals surface area (Å²) in [7, 11) is 0. The summed E-state index contributed by atoms with van der Waals surface area (Å²) in [4.78, 5) is 25.2. The zero-order chi connectivity index (χ0) is 13.9. The maximum Gasteiger partial charge on any atom is 0.329 e. The molecule has 2 aliphatic heterocycles. The summed E-state index contributed by atoms with van der Waals surface area (Å²) < 4.78 is 0. The Balaban J connectivity index is 1.87. The Morgan fingerprint density at radius 2 is 2.21 bits per heavy atom. The van der Waals surface area contributed by atoms with Gasteiger partial charge in [-0.05, 0) is 58.0 Å². The molecule has 2 fully saturated rings. The van der Waals surface area contributed by atoms with E-state index in [9.17, 15) is 14.7 Å². The largest absolute Gasteiger partial charge is 0.480 e. The maximum absolute atomic E-state index is 12.3. The van der Waals surface area contributed by atoms with Gasteiger partial charge in [0.05, 0.1) is 0 Å². The van der Waals surface area contributed by atoms with Crippen LogP contribution >= 0.6 is 0 Å². The second kappa shape index (κ2) is 5.90. The standard InChI is InChI=1S/C14H24N2O3/c1-14(13(18)19)7-3-9-16(14)12(17)6-5-11-4-2-8-15-10-11/h11,15H,2-10H2,1H3,(H,18,19). The fraction of sp³-hybridized carbons (Fsp3) is 0.857. The number of carboxylic acids is 1. The third-order valence-electron chi connectivity index (χ3n) is 4.57. The quantitative estimate of drug-likeness (QED) is 0.804. The van der Waals surface area contributed by atoms with Crippen LogP contribution in [0.5, 0.6) is 0 Å². The first-order valence-corrected chi connectivity index (χ1v) is 7.28. The number of amides is 1. The number of rotatable bonds is 4. The van der Waals surface area contributed by atoms with Crippen molar-refractivity contribution in [3.63, 3.8) is 0 Å². The molecule has 5 heteroatoms. The van der Waals surface area contributed by atoms with Crippen molar-refractivity contribution in [1.82, 2.24) is 10.2 Å². The minimum atomic E-state index is -0.984. The lowest BCUT2D eigenvalue weighted by Crippen LogP contribution is -2.50. The fourth-order valence-electron chi connectivity index (χ4n) is 3.22. The van der Waals surface area contributed by atoms with E-state index in [1.54, 1.807) is 11.8 Å². The third-order valence-corrected chi connectivity index (χ3v) is 4.57. The van der Waals surface area contributed by atoms with Gasteiger partial charge in [-0.2, -0.15) is 0 Å². The van der Waals surface area contributed by atoms with E-state index in [4.69, 9.17) is 0 Å². The molecule has 0 aliphatic carbocycles. The molecule has 0 aromatic rings. The van der Waals surface area contributed by atoms with Crippen LogP contribution in [0.2, 0.25) is 0 Å². The molecule has 1 amide bonds. The van der Waals surface area contributed by atoms with Gasteiger partial charge >= 0.3 is 5.97 Å². The lowest BCUT2D eigenvalue weighted by molar-refractivity contribution is -0.155. The van der Waals surface area contributed by atoms with E-state index in [0.717, 1.165) is 25.9 Å². The SMILES string of the molecule is CC1(C(=O)O)CCCN1C(=O)CCC1CCCNC1. The molecule has 0 aromatic heterocycles. The van der Waals surface area contributed by atoms with Crippen molar-refractivity contribution in [1.29, 1.82) is 0 Å². The predicted molar refractivity (Wildman–Crippen MR) is 71.8 cm³/mol. The Kier molecular flexibility index (Phi) is 4.45. The van der Waals surface area contributed by atoms with Crippen molar-refractivity contribution in [3.8, 4) is 0 Å². The summed E-state index contributed by atoms with van der Waals surface area (Å²) in [6.45, 7) is 4.32. The number of aliphatic carboxylic acids is 1. The normalized spacial score (nSPS) is 31.4. The summed E-state index contributed by atoms with van der Waals surface area (Å²) >= 11 is 0. The first-order chi connectivity index (χ1) is 9.04. The van der Waals surface area contributed by atoms with Gasteiger partial charge in [-0.1, -0.05) is 0 Å². The van der Waals surface area contributed by atoms with Crippen molar-refractivity contribution in [2.75, 3.05) is 19.6 Å². The van der Waals surface area contributed by atoms with Gasteiger partial charge in [0.25, 0.3) is 0 Å². The van der Waals surface area contributed by atoms with Gasteiger partial charge < -0.3 is 15.3 Å². The molecule has 0 radical (unpaired) electrons. The van der Waals surface area contributed by atoms with Crippen molar-refractivity contribution in [2.45, 2.75) is 51.0 Å². The second-order valence-corrected chi connectivity index (χ2v) is 5.98. The van der Waals surface area contributed by atoms with Crippen LogP contribution in [0, 0.1) is 5.92 Å². The van der Waals surface area contributed by atoms with Crippen molar-refractivity contribution in [2.24, 2.45) is 5.92 Å². The molecule has 108 valence electrons. The fourth-order valence-corrected chi connectivity index (χ4v) is 3.22. The Bertz CT molecular complexity index is 353. The number of hydrogen-bond acceptors (Lipinski definition) is 3. The second-order valence-electron chi connectivity index (χ2n) is 5.98. The van der Waals surface area contributed by atoms with E-state index in [1.165, 1.54) is 12.8 Å². The maximum atomic E-state index is 12.3. The molecule has 19 heavy (non-hydrogen) atoms. The molecular formula is C14H24N2O3. The van der Waals surface area contributed by atoms with Crippen LogP contribution < -0.4 is 5.32 Å². The zero-order valence-electron chi connectivity index (χ0n) is 11.7. The van der Waals surface area contributed by atoms with Gasteiger partial charge in [-0.25, -0.2) is 4.79 Å². The van der Waals surface area contributed by atoms with Crippen LogP contribution in [0.4, 0.5) is 0 Å². The number of nitrogens with one attached hydrogen (secondary N) is 1. The summed E-state index contributed by atoms with van der Waals surface area (Å²) in [6.07, 6.45) is 5.07. The average Bonchev–Trinajstić information content (AvgIpc) is 2.81. The number of nitrogens with zero attached hydrogens (tertiary/aromatic N) is 1. The number of carboxylic acid groups (broad SMARTS) is 1. The van der Waals surface area contributed by atoms with Crippen LogP contribution in [0.25, 0.3) is 0 Å². The number of carbonyl (C=O) groups excluding carboxylic acids is 1. The molecule has 5 nitrogen and oxygen atoms in total. The van der Waals surface area contributed by atoms with E-state index in [0.29, 0.717) is 25.3 Å².